The first-order valence-corrected chi connectivity index (χ1v) is 8.34. The Bertz CT molecular complexity index is 397. The molecule has 0 radical (unpaired) electrons. The summed E-state index contributed by atoms with van der Waals surface area (Å²) in [5, 5.41) is 15.7. The van der Waals surface area contributed by atoms with Crippen LogP contribution < -0.4 is 0 Å². The van der Waals surface area contributed by atoms with Crippen molar-refractivity contribution < 1.29 is 57.8 Å². The zero-order valence-corrected chi connectivity index (χ0v) is 17.0. The van der Waals surface area contributed by atoms with Crippen molar-refractivity contribution >= 4 is 24.6 Å². The van der Waals surface area contributed by atoms with Crippen LogP contribution in [0.2, 0.25) is 0 Å². The molecule has 0 bridgehead atoms. The molecule has 0 aliphatic heterocycles. The quantitative estimate of drug-likeness (QED) is 0.354. The van der Waals surface area contributed by atoms with E-state index in [1.54, 1.807) is 41.5 Å². The molecule has 0 rings (SSSR count). The van der Waals surface area contributed by atoms with Crippen LogP contribution in [0.3, 0.4) is 0 Å². The van der Waals surface area contributed by atoms with E-state index in [4.69, 9.17) is 19.7 Å². The van der Waals surface area contributed by atoms with Gasteiger partial charge in [-0.15, -0.1) is 0 Å². The zero-order chi connectivity index (χ0) is 22.5. The first-order valence-electron chi connectivity index (χ1n) is 8.34. The molecule has 0 unspecified atom stereocenters. The first kappa shape index (κ1) is 29.8. The summed E-state index contributed by atoms with van der Waals surface area (Å²) in [4.78, 5) is 40.1. The Morgan fingerprint density at radius 2 is 0.964 bits per heavy atom. The predicted molar refractivity (Wildman–Crippen MR) is 94.4 cm³/mol. The minimum Gasteiger partial charge on any atom is -0.450 e. The Balaban J connectivity index is -0.000000337. The van der Waals surface area contributed by atoms with Crippen molar-refractivity contribution in [1.82, 2.24) is 0 Å². The normalized spacial score (nSPS) is 9.00. The van der Waals surface area contributed by atoms with E-state index in [1.807, 2.05) is 0 Å². The standard InChI is InChI=1S/C7H14O3.C5H10O3.C4H6O6/c1-5(2)9-7(8)10-6(3)4;1-3-7-5(6)8-4-2;5-3(6)9-1-2-10-4(7)8/h5-6H,1-4H3;3-4H2,1-2H3;1-2H2,(H,5,6)(H,7,8). The van der Waals surface area contributed by atoms with E-state index in [0.29, 0.717) is 13.2 Å². The molecule has 0 fully saturated rings. The van der Waals surface area contributed by atoms with Crippen LogP contribution in [-0.2, 0) is 28.4 Å². The third-order valence-corrected chi connectivity index (χ3v) is 1.72. The third kappa shape index (κ3) is 34.4. The smallest absolute Gasteiger partial charge is 0.450 e. The van der Waals surface area contributed by atoms with Gasteiger partial charge in [0, 0.05) is 0 Å². The minimum atomic E-state index is -1.45. The lowest BCUT2D eigenvalue weighted by molar-refractivity contribution is 0.0167. The Hall–Kier alpha value is -2.92. The number of ether oxygens (including phenoxy) is 6. The molecule has 2 N–H and O–H groups in total. The molecule has 28 heavy (non-hydrogen) atoms. The molecule has 0 aliphatic rings. The molecule has 166 valence electrons. The maximum absolute atomic E-state index is 10.6. The maximum atomic E-state index is 10.6. The van der Waals surface area contributed by atoms with Crippen LogP contribution in [0.1, 0.15) is 41.5 Å². The second kappa shape index (κ2) is 20.4. The summed E-state index contributed by atoms with van der Waals surface area (Å²) in [6.07, 6.45) is -4.29. The number of hydrogen-bond acceptors (Lipinski definition) is 10. The second-order valence-corrected chi connectivity index (χ2v) is 4.93. The van der Waals surface area contributed by atoms with Crippen molar-refractivity contribution in [3.05, 3.63) is 0 Å². The van der Waals surface area contributed by atoms with Crippen molar-refractivity contribution in [2.75, 3.05) is 26.4 Å². The van der Waals surface area contributed by atoms with Gasteiger partial charge in [0.15, 0.2) is 0 Å². The monoisotopic (exact) mass is 414 g/mol. The molecular formula is C16H30O12. The van der Waals surface area contributed by atoms with Crippen LogP contribution in [0.4, 0.5) is 19.2 Å². The second-order valence-electron chi connectivity index (χ2n) is 4.93. The third-order valence-electron chi connectivity index (χ3n) is 1.72. The zero-order valence-electron chi connectivity index (χ0n) is 17.0. The minimum absolute atomic E-state index is 0.105. The molecule has 12 heteroatoms. The molecule has 0 spiro atoms. The summed E-state index contributed by atoms with van der Waals surface area (Å²) >= 11 is 0. The predicted octanol–water partition coefficient (Wildman–Crippen LogP) is 3.51. The Kier molecular flexibility index (Phi) is 21.7. The SMILES string of the molecule is CC(C)OC(=O)OC(C)C.CCOC(=O)OCC.O=C(O)OCCOC(=O)O. The van der Waals surface area contributed by atoms with Crippen LogP contribution in [-0.4, -0.2) is 73.5 Å². The lowest BCUT2D eigenvalue weighted by atomic mass is 10.5. The van der Waals surface area contributed by atoms with Crippen molar-refractivity contribution in [3.8, 4) is 0 Å². The molecule has 12 nitrogen and oxygen atoms in total. The van der Waals surface area contributed by atoms with E-state index in [2.05, 4.69) is 18.9 Å². The summed E-state index contributed by atoms with van der Waals surface area (Å²) in [5.41, 5.74) is 0. The molecule has 0 amide bonds. The fourth-order valence-electron chi connectivity index (χ4n) is 0.948. The molecule has 0 aliphatic carbocycles. The molecule has 0 aromatic carbocycles. The molecule has 0 atom stereocenters. The van der Waals surface area contributed by atoms with Crippen LogP contribution in [0, 0.1) is 0 Å². The Morgan fingerprint density at radius 3 is 1.18 bits per heavy atom. The highest BCUT2D eigenvalue weighted by atomic mass is 16.7. The van der Waals surface area contributed by atoms with E-state index in [0.717, 1.165) is 0 Å². The van der Waals surface area contributed by atoms with Crippen LogP contribution in [0.25, 0.3) is 0 Å². The van der Waals surface area contributed by atoms with Gasteiger partial charge in [0.1, 0.15) is 13.2 Å². The molecule has 0 aromatic rings. The molecular weight excluding hydrogens is 384 g/mol. The van der Waals surface area contributed by atoms with Crippen LogP contribution in [0.5, 0.6) is 0 Å². The fourth-order valence-corrected chi connectivity index (χ4v) is 0.948. The molecule has 0 aromatic heterocycles. The first-order chi connectivity index (χ1) is 13.0. The van der Waals surface area contributed by atoms with Crippen LogP contribution in [0.15, 0.2) is 0 Å². The van der Waals surface area contributed by atoms with Gasteiger partial charge in [0.2, 0.25) is 0 Å². The molecule has 0 heterocycles. The maximum Gasteiger partial charge on any atom is 0.508 e. The van der Waals surface area contributed by atoms with Crippen molar-refractivity contribution in [3.63, 3.8) is 0 Å². The van der Waals surface area contributed by atoms with Gasteiger partial charge >= 0.3 is 24.6 Å². The lowest BCUT2D eigenvalue weighted by Crippen LogP contribution is -2.16. The summed E-state index contributed by atoms with van der Waals surface area (Å²) in [7, 11) is 0. The average Bonchev–Trinajstić information content (AvgIpc) is 2.51. The highest BCUT2D eigenvalue weighted by Gasteiger charge is 2.07. The Labute approximate surface area is 163 Å². The summed E-state index contributed by atoms with van der Waals surface area (Å²) in [5.74, 6) is 0. The highest BCUT2D eigenvalue weighted by Crippen LogP contribution is 1.96. The summed E-state index contributed by atoms with van der Waals surface area (Å²) < 4.78 is 26.1. The van der Waals surface area contributed by atoms with Gasteiger partial charge in [0.05, 0.1) is 25.4 Å². The summed E-state index contributed by atoms with van der Waals surface area (Å²) in [6, 6.07) is 0. The number of carbonyl (C=O) groups is 4. The van der Waals surface area contributed by atoms with Gasteiger partial charge in [-0.1, -0.05) is 0 Å². The van der Waals surface area contributed by atoms with Crippen LogP contribution >= 0.6 is 0 Å². The van der Waals surface area contributed by atoms with Gasteiger partial charge in [0.25, 0.3) is 0 Å². The van der Waals surface area contributed by atoms with E-state index < -0.39 is 24.6 Å². The number of carboxylic acid groups (broad SMARTS) is 2. The number of rotatable bonds is 7. The van der Waals surface area contributed by atoms with E-state index in [1.165, 1.54) is 0 Å². The van der Waals surface area contributed by atoms with E-state index in [9.17, 15) is 19.2 Å². The van der Waals surface area contributed by atoms with Gasteiger partial charge < -0.3 is 38.6 Å². The van der Waals surface area contributed by atoms with Gasteiger partial charge in [-0.2, -0.15) is 0 Å². The van der Waals surface area contributed by atoms with Gasteiger partial charge in [-0.3, -0.25) is 0 Å². The fraction of sp³-hybridized carbons (Fsp3) is 0.750. The van der Waals surface area contributed by atoms with Gasteiger partial charge in [-0.05, 0) is 41.5 Å². The lowest BCUT2D eigenvalue weighted by Gasteiger charge is -2.10. The topological polar surface area (TPSA) is 164 Å². The van der Waals surface area contributed by atoms with E-state index in [-0.39, 0.29) is 25.4 Å². The highest BCUT2D eigenvalue weighted by molar-refractivity contribution is 5.60. The average molecular weight is 414 g/mol. The Morgan fingerprint density at radius 1 is 0.643 bits per heavy atom. The van der Waals surface area contributed by atoms with Crippen molar-refractivity contribution in [1.29, 1.82) is 0 Å². The van der Waals surface area contributed by atoms with Crippen molar-refractivity contribution in [2.45, 2.75) is 53.8 Å². The van der Waals surface area contributed by atoms with Gasteiger partial charge in [-0.25, -0.2) is 19.2 Å². The largest absolute Gasteiger partial charge is 0.508 e. The van der Waals surface area contributed by atoms with E-state index >= 15 is 0 Å². The molecule has 0 saturated carbocycles. The molecule has 0 saturated heterocycles. The number of carbonyl (C=O) groups excluding carboxylic acids is 2. The van der Waals surface area contributed by atoms with Crippen molar-refractivity contribution in [2.24, 2.45) is 0 Å². The summed E-state index contributed by atoms with van der Waals surface area (Å²) in [6.45, 7) is 10.8. The number of hydrogen-bond donors (Lipinski definition) is 2.